The molecule has 2 amide bonds. The monoisotopic (exact) mass is 375 g/mol. The summed E-state index contributed by atoms with van der Waals surface area (Å²) < 4.78 is 5.16. The molecule has 26 heavy (non-hydrogen) atoms. The first-order chi connectivity index (χ1) is 12.5. The fourth-order valence-electron chi connectivity index (χ4n) is 3.13. The standard InChI is InChI=1S/C19H22ClN3O3/c1-12-4-2-3-7-23(12)19(25)16-6-5-14(9-17(16)20)22-18(24)13-8-15(10-21)26-11-13/h5-6,8-9,11-12H,2-4,7,10,21H2,1H3,(H,22,24). The Morgan fingerprint density at radius 2 is 2.15 bits per heavy atom. The molecule has 1 aliphatic heterocycles. The van der Waals surface area contributed by atoms with Crippen molar-refractivity contribution in [2.45, 2.75) is 38.8 Å². The number of likely N-dealkylation sites (tertiary alicyclic amines) is 1. The quantitative estimate of drug-likeness (QED) is 0.853. The topological polar surface area (TPSA) is 88.6 Å². The fraction of sp³-hybridized carbons (Fsp3) is 0.368. The lowest BCUT2D eigenvalue weighted by molar-refractivity contribution is 0.0635. The first-order valence-corrected chi connectivity index (χ1v) is 9.06. The van der Waals surface area contributed by atoms with Gasteiger partial charge in [0.15, 0.2) is 0 Å². The Hall–Kier alpha value is -2.31. The lowest BCUT2D eigenvalue weighted by Gasteiger charge is -2.33. The summed E-state index contributed by atoms with van der Waals surface area (Å²) in [5.41, 5.74) is 6.82. The number of nitrogens with two attached hydrogens (primary N) is 1. The zero-order chi connectivity index (χ0) is 18.7. The number of nitrogens with zero attached hydrogens (tertiary/aromatic N) is 1. The number of benzene rings is 1. The third-order valence-electron chi connectivity index (χ3n) is 4.64. The minimum absolute atomic E-state index is 0.0671. The number of hydrogen-bond donors (Lipinski definition) is 2. The molecule has 6 nitrogen and oxygen atoms in total. The molecule has 0 saturated carbocycles. The molecule has 1 aromatic carbocycles. The molecule has 1 aliphatic rings. The van der Waals surface area contributed by atoms with Gasteiger partial charge in [-0.25, -0.2) is 0 Å². The molecule has 2 heterocycles. The SMILES string of the molecule is CC1CCCCN1C(=O)c1ccc(NC(=O)c2coc(CN)c2)cc1Cl. The Labute approximate surface area is 157 Å². The smallest absolute Gasteiger partial charge is 0.258 e. The Bertz CT molecular complexity index is 818. The van der Waals surface area contributed by atoms with Crippen LogP contribution in [-0.4, -0.2) is 29.3 Å². The summed E-state index contributed by atoms with van der Waals surface area (Å²) in [4.78, 5) is 26.8. The van der Waals surface area contributed by atoms with Gasteiger partial charge in [0.2, 0.25) is 0 Å². The predicted octanol–water partition coefficient (Wildman–Crippen LogP) is 3.66. The van der Waals surface area contributed by atoms with Gasteiger partial charge in [-0.05, 0) is 50.5 Å². The van der Waals surface area contributed by atoms with E-state index in [1.54, 1.807) is 24.3 Å². The minimum atomic E-state index is -0.326. The van der Waals surface area contributed by atoms with Crippen molar-refractivity contribution < 1.29 is 14.0 Å². The van der Waals surface area contributed by atoms with Gasteiger partial charge in [-0.1, -0.05) is 11.6 Å². The van der Waals surface area contributed by atoms with Crippen molar-refractivity contribution >= 4 is 29.1 Å². The van der Waals surface area contributed by atoms with E-state index < -0.39 is 0 Å². The van der Waals surface area contributed by atoms with Gasteiger partial charge < -0.3 is 20.4 Å². The second-order valence-corrected chi connectivity index (χ2v) is 6.91. The number of piperidine rings is 1. The van der Waals surface area contributed by atoms with Crippen LogP contribution < -0.4 is 11.1 Å². The molecule has 3 rings (SSSR count). The van der Waals surface area contributed by atoms with Crippen LogP contribution in [0.5, 0.6) is 0 Å². The molecule has 0 radical (unpaired) electrons. The minimum Gasteiger partial charge on any atom is -0.467 e. The molecule has 3 N–H and O–H groups in total. The third kappa shape index (κ3) is 3.92. The Balaban J connectivity index is 1.72. The van der Waals surface area contributed by atoms with E-state index in [4.69, 9.17) is 21.8 Å². The van der Waals surface area contributed by atoms with Crippen LogP contribution >= 0.6 is 11.6 Å². The molecule has 0 aliphatic carbocycles. The van der Waals surface area contributed by atoms with Crippen LogP contribution in [-0.2, 0) is 6.54 Å². The van der Waals surface area contributed by atoms with Crippen LogP contribution in [0.2, 0.25) is 5.02 Å². The highest BCUT2D eigenvalue weighted by Crippen LogP contribution is 2.26. The number of anilines is 1. The summed E-state index contributed by atoms with van der Waals surface area (Å²) in [5.74, 6) is 0.139. The Kier molecular flexibility index (Phi) is 5.64. The maximum Gasteiger partial charge on any atom is 0.258 e. The molecular formula is C19H22ClN3O3. The highest BCUT2D eigenvalue weighted by Gasteiger charge is 2.25. The molecule has 1 aromatic heterocycles. The van der Waals surface area contributed by atoms with E-state index >= 15 is 0 Å². The molecule has 1 atom stereocenters. The van der Waals surface area contributed by atoms with Gasteiger partial charge in [0.1, 0.15) is 12.0 Å². The second-order valence-electron chi connectivity index (χ2n) is 6.50. The van der Waals surface area contributed by atoms with Crippen LogP contribution in [0.25, 0.3) is 0 Å². The number of amides is 2. The first-order valence-electron chi connectivity index (χ1n) is 8.69. The van der Waals surface area contributed by atoms with E-state index in [0.717, 1.165) is 25.8 Å². The van der Waals surface area contributed by atoms with Gasteiger partial charge in [0.05, 0.1) is 22.7 Å². The zero-order valence-corrected chi connectivity index (χ0v) is 15.4. The number of carbonyl (C=O) groups excluding carboxylic acids is 2. The first kappa shape index (κ1) is 18.5. The van der Waals surface area contributed by atoms with Gasteiger partial charge in [0, 0.05) is 18.3 Å². The summed E-state index contributed by atoms with van der Waals surface area (Å²) >= 11 is 6.31. The maximum atomic E-state index is 12.8. The number of nitrogens with one attached hydrogen (secondary N) is 1. The van der Waals surface area contributed by atoms with Gasteiger partial charge in [0.25, 0.3) is 11.8 Å². The highest BCUT2D eigenvalue weighted by atomic mass is 35.5. The normalized spacial score (nSPS) is 17.2. The van der Waals surface area contributed by atoms with Crippen LogP contribution in [0, 0.1) is 0 Å². The molecule has 138 valence electrons. The van der Waals surface area contributed by atoms with E-state index in [-0.39, 0.29) is 24.4 Å². The van der Waals surface area contributed by atoms with E-state index in [0.29, 0.717) is 27.6 Å². The average molecular weight is 376 g/mol. The fourth-order valence-corrected chi connectivity index (χ4v) is 3.39. The van der Waals surface area contributed by atoms with Gasteiger partial charge in [-0.2, -0.15) is 0 Å². The maximum absolute atomic E-state index is 12.8. The van der Waals surface area contributed by atoms with Crippen molar-refractivity contribution in [2.75, 3.05) is 11.9 Å². The summed E-state index contributed by atoms with van der Waals surface area (Å²) in [6.45, 7) is 3.03. The lowest BCUT2D eigenvalue weighted by atomic mass is 10.0. The van der Waals surface area contributed by atoms with Crippen LogP contribution in [0.1, 0.15) is 52.7 Å². The van der Waals surface area contributed by atoms with Crippen molar-refractivity contribution in [1.82, 2.24) is 4.90 Å². The van der Waals surface area contributed by atoms with Crippen LogP contribution in [0.15, 0.2) is 34.9 Å². The Morgan fingerprint density at radius 1 is 1.35 bits per heavy atom. The van der Waals surface area contributed by atoms with E-state index in [1.807, 2.05) is 4.90 Å². The number of carbonyl (C=O) groups is 2. The van der Waals surface area contributed by atoms with Gasteiger partial charge >= 0.3 is 0 Å². The zero-order valence-electron chi connectivity index (χ0n) is 14.6. The highest BCUT2D eigenvalue weighted by molar-refractivity contribution is 6.34. The van der Waals surface area contributed by atoms with Crippen molar-refractivity contribution in [3.63, 3.8) is 0 Å². The molecule has 1 fully saturated rings. The van der Waals surface area contributed by atoms with E-state index in [2.05, 4.69) is 12.2 Å². The molecule has 0 spiro atoms. The van der Waals surface area contributed by atoms with Crippen molar-refractivity contribution in [3.05, 3.63) is 52.4 Å². The largest absolute Gasteiger partial charge is 0.467 e. The number of rotatable bonds is 4. The lowest BCUT2D eigenvalue weighted by Crippen LogP contribution is -2.42. The predicted molar refractivity (Wildman–Crippen MR) is 100 cm³/mol. The summed E-state index contributed by atoms with van der Waals surface area (Å²) in [6.07, 6.45) is 4.52. The molecular weight excluding hydrogens is 354 g/mol. The van der Waals surface area contributed by atoms with E-state index in [1.165, 1.54) is 6.26 Å². The molecule has 7 heteroatoms. The summed E-state index contributed by atoms with van der Waals surface area (Å²) in [5, 5.41) is 3.06. The van der Waals surface area contributed by atoms with Crippen LogP contribution in [0.3, 0.4) is 0 Å². The van der Waals surface area contributed by atoms with Gasteiger partial charge in [-0.15, -0.1) is 0 Å². The molecule has 2 aromatic rings. The molecule has 1 saturated heterocycles. The van der Waals surface area contributed by atoms with Gasteiger partial charge in [-0.3, -0.25) is 9.59 Å². The summed E-state index contributed by atoms with van der Waals surface area (Å²) in [7, 11) is 0. The van der Waals surface area contributed by atoms with Crippen molar-refractivity contribution in [2.24, 2.45) is 5.73 Å². The van der Waals surface area contributed by atoms with Crippen LogP contribution in [0.4, 0.5) is 5.69 Å². The van der Waals surface area contributed by atoms with Crippen molar-refractivity contribution in [3.8, 4) is 0 Å². The average Bonchev–Trinajstić information content (AvgIpc) is 3.11. The van der Waals surface area contributed by atoms with Crippen molar-refractivity contribution in [1.29, 1.82) is 0 Å². The molecule has 0 bridgehead atoms. The summed E-state index contributed by atoms with van der Waals surface area (Å²) in [6, 6.07) is 6.72. The molecule has 1 unspecified atom stereocenters. The number of furan rings is 1. The van der Waals surface area contributed by atoms with E-state index in [9.17, 15) is 9.59 Å². The number of halogens is 1. The number of hydrogen-bond acceptors (Lipinski definition) is 4. The third-order valence-corrected chi connectivity index (χ3v) is 4.95. The second kappa shape index (κ2) is 7.93. The Morgan fingerprint density at radius 3 is 2.81 bits per heavy atom.